The number of aromatic nitrogens is 2. The third-order valence-corrected chi connectivity index (χ3v) is 10.7. The number of para-hydroxylation sites is 1. The van der Waals surface area contributed by atoms with Gasteiger partial charge in [0.15, 0.2) is 0 Å². The minimum absolute atomic E-state index is 0.278. The highest BCUT2D eigenvalue weighted by Crippen LogP contribution is 2.36. The van der Waals surface area contributed by atoms with Gasteiger partial charge in [-0.2, -0.15) is 0 Å². The van der Waals surface area contributed by atoms with Crippen molar-refractivity contribution in [2.45, 2.75) is 43.5 Å². The molecule has 1 saturated heterocycles. The number of benzene rings is 1. The molecule has 0 saturated carbocycles. The van der Waals surface area contributed by atoms with E-state index in [-0.39, 0.29) is 12.0 Å². The number of nitrogens with one attached hydrogen (secondary N) is 1. The first-order valence-corrected chi connectivity index (χ1v) is 15.0. The number of piperidine rings is 1. The van der Waals surface area contributed by atoms with Gasteiger partial charge in [-0.25, -0.2) is 13.4 Å². The molecule has 0 bridgehead atoms. The smallest absolute Gasteiger partial charge is 0.307 e. The Morgan fingerprint density at radius 1 is 1.31 bits per heavy atom. The van der Waals surface area contributed by atoms with Gasteiger partial charge in [0.05, 0.1) is 22.8 Å². The summed E-state index contributed by atoms with van der Waals surface area (Å²) >= 11 is 2.78. The van der Waals surface area contributed by atoms with E-state index in [9.17, 15) is 18.3 Å². The number of aliphatic carboxylic acids is 1. The van der Waals surface area contributed by atoms with E-state index in [1.807, 2.05) is 44.3 Å². The highest BCUT2D eigenvalue weighted by Gasteiger charge is 2.30. The Bertz CT molecular complexity index is 1470. The van der Waals surface area contributed by atoms with Gasteiger partial charge in [0.2, 0.25) is 0 Å². The summed E-state index contributed by atoms with van der Waals surface area (Å²) in [6.07, 6.45) is 3.46. The lowest BCUT2D eigenvalue weighted by Crippen LogP contribution is -2.37. The summed E-state index contributed by atoms with van der Waals surface area (Å²) in [5.41, 5.74) is 2.18. The fourth-order valence-corrected chi connectivity index (χ4v) is 8.44. The van der Waals surface area contributed by atoms with Crippen molar-refractivity contribution in [3.63, 3.8) is 0 Å². The van der Waals surface area contributed by atoms with Crippen LogP contribution in [0.25, 0.3) is 21.6 Å². The molecular weight excluding hydrogens is 517 g/mol. The van der Waals surface area contributed by atoms with Crippen LogP contribution in [-0.2, 0) is 21.4 Å². The van der Waals surface area contributed by atoms with E-state index in [0.29, 0.717) is 23.0 Å². The summed E-state index contributed by atoms with van der Waals surface area (Å²) in [4.78, 5) is 22.7. The van der Waals surface area contributed by atoms with Crippen molar-refractivity contribution in [1.29, 1.82) is 0 Å². The number of nitrogens with zero attached hydrogens (tertiary/aromatic N) is 3. The fraction of sp³-hybridized carbons (Fsp3) is 0.360. The van der Waals surface area contributed by atoms with Crippen LogP contribution in [0, 0.1) is 5.92 Å². The van der Waals surface area contributed by atoms with Crippen LogP contribution >= 0.6 is 22.7 Å². The maximum absolute atomic E-state index is 13.5. The fourth-order valence-electron chi connectivity index (χ4n) is 4.76. The first kappa shape index (κ1) is 24.9. The summed E-state index contributed by atoms with van der Waals surface area (Å²) in [5, 5.41) is 12.9. The lowest BCUT2D eigenvalue weighted by atomic mass is 9.98. The van der Waals surface area contributed by atoms with Crippen molar-refractivity contribution < 1.29 is 18.3 Å². The molecule has 0 aliphatic carbocycles. The molecule has 5 rings (SSSR count). The average Bonchev–Trinajstić information content (AvgIpc) is 3.60. The number of rotatable bonds is 8. The number of thiophene rings is 1. The van der Waals surface area contributed by atoms with E-state index in [1.54, 1.807) is 28.8 Å². The summed E-state index contributed by atoms with van der Waals surface area (Å²) in [5.74, 6) is -1.04. The van der Waals surface area contributed by atoms with Crippen LogP contribution in [-0.4, -0.2) is 53.5 Å². The van der Waals surface area contributed by atoms with Crippen LogP contribution in [0.3, 0.4) is 0 Å². The monoisotopic (exact) mass is 544 g/mol. The van der Waals surface area contributed by atoms with E-state index >= 15 is 0 Å². The molecule has 36 heavy (non-hydrogen) atoms. The lowest BCUT2D eigenvalue weighted by molar-refractivity contribution is -0.143. The van der Waals surface area contributed by atoms with Gasteiger partial charge in [-0.1, -0.05) is 18.2 Å². The molecule has 1 unspecified atom stereocenters. The average molecular weight is 545 g/mol. The Kier molecular flexibility index (Phi) is 6.90. The largest absolute Gasteiger partial charge is 0.481 e. The van der Waals surface area contributed by atoms with Gasteiger partial charge < -0.3 is 10.1 Å². The Morgan fingerprint density at radius 2 is 2.14 bits per heavy atom. The van der Waals surface area contributed by atoms with Gasteiger partial charge in [-0.3, -0.25) is 14.0 Å². The summed E-state index contributed by atoms with van der Waals surface area (Å²) < 4.78 is 28.8. The number of H-pyrrole nitrogens is 1. The number of fused-ring (bicyclic) bond motifs is 1. The van der Waals surface area contributed by atoms with Crippen molar-refractivity contribution in [2.75, 3.05) is 17.4 Å². The molecule has 11 heteroatoms. The minimum Gasteiger partial charge on any atom is -0.481 e. The Labute approximate surface area is 218 Å². The number of carboxylic acid groups (broad SMARTS) is 1. The van der Waals surface area contributed by atoms with Crippen LogP contribution in [0.1, 0.15) is 31.6 Å². The first-order valence-electron chi connectivity index (χ1n) is 11.8. The molecule has 1 fully saturated rings. The van der Waals surface area contributed by atoms with E-state index in [1.165, 1.54) is 15.6 Å². The first-order chi connectivity index (χ1) is 17.2. The zero-order valence-electron chi connectivity index (χ0n) is 20.0. The van der Waals surface area contributed by atoms with E-state index in [4.69, 9.17) is 0 Å². The normalized spacial score (nSPS) is 17.1. The number of hydrogen-bond acceptors (Lipinski definition) is 7. The molecule has 0 spiro atoms. The molecule has 4 aromatic rings. The van der Waals surface area contributed by atoms with Gasteiger partial charge in [0.25, 0.3) is 10.0 Å². The molecule has 1 aliphatic rings. The maximum Gasteiger partial charge on any atom is 0.307 e. The topological polar surface area (TPSA) is 107 Å². The molecule has 1 aromatic carbocycles. The van der Waals surface area contributed by atoms with E-state index < -0.39 is 16.0 Å². The van der Waals surface area contributed by atoms with Gasteiger partial charge >= 0.3 is 5.97 Å². The molecule has 3 aromatic heterocycles. The number of thiazole rings is 1. The van der Waals surface area contributed by atoms with Crippen LogP contribution < -0.4 is 4.31 Å². The number of carbonyl (C=O) groups is 1. The molecule has 190 valence electrons. The molecule has 0 radical (unpaired) electrons. The quantitative estimate of drug-likeness (QED) is 0.314. The zero-order chi connectivity index (χ0) is 25.4. The molecule has 0 amide bonds. The molecule has 1 atom stereocenters. The summed E-state index contributed by atoms with van der Waals surface area (Å²) in [6.45, 7) is 5.86. The number of carboxylic acids is 1. The second kappa shape index (κ2) is 9.97. The van der Waals surface area contributed by atoms with Crippen LogP contribution in [0.4, 0.5) is 5.69 Å². The Hall–Kier alpha value is -2.73. The highest BCUT2D eigenvalue weighted by molar-refractivity contribution is 7.94. The highest BCUT2D eigenvalue weighted by atomic mass is 32.2. The van der Waals surface area contributed by atoms with Crippen molar-refractivity contribution in [1.82, 2.24) is 14.9 Å². The predicted molar refractivity (Wildman–Crippen MR) is 144 cm³/mol. The number of aromatic amines is 1. The second-order valence-corrected chi connectivity index (χ2v) is 13.4. The SMILES string of the molecule is CC(C)N(c1cccc2cc(-c3ncc(CN4CCCC(C(=O)O)C4)s3)[nH]c12)S(=O)(=O)c1cccs1. The van der Waals surface area contributed by atoms with Gasteiger partial charge in [-0.05, 0) is 56.8 Å². The van der Waals surface area contributed by atoms with Crippen molar-refractivity contribution in [3.05, 3.63) is 52.9 Å². The van der Waals surface area contributed by atoms with Crippen molar-refractivity contribution >= 4 is 55.3 Å². The number of likely N-dealkylation sites (tertiary alicyclic amines) is 1. The summed E-state index contributed by atoms with van der Waals surface area (Å²) in [6, 6.07) is 10.8. The van der Waals surface area contributed by atoms with Gasteiger partial charge in [0.1, 0.15) is 9.22 Å². The number of hydrogen-bond donors (Lipinski definition) is 2. The van der Waals surface area contributed by atoms with Gasteiger partial charge in [-0.15, -0.1) is 22.7 Å². The molecule has 4 heterocycles. The minimum atomic E-state index is -3.71. The maximum atomic E-state index is 13.5. The molecule has 2 N–H and O–H groups in total. The summed E-state index contributed by atoms with van der Waals surface area (Å²) in [7, 11) is -3.71. The van der Waals surface area contributed by atoms with E-state index in [2.05, 4.69) is 14.9 Å². The lowest BCUT2D eigenvalue weighted by Gasteiger charge is -2.29. The van der Waals surface area contributed by atoms with Crippen molar-refractivity contribution in [2.24, 2.45) is 5.92 Å². The third kappa shape index (κ3) is 4.80. The molecular formula is C25H28N4O4S3. The number of anilines is 1. The zero-order valence-corrected chi connectivity index (χ0v) is 22.5. The van der Waals surface area contributed by atoms with Crippen LogP contribution in [0.5, 0.6) is 0 Å². The molecule has 8 nitrogen and oxygen atoms in total. The Balaban J connectivity index is 1.44. The standard InChI is InChI=1S/C25H28N4O4S3/c1-16(2)29(36(32,33)22-9-5-11-34-22)21-8-3-6-17-12-20(27-23(17)21)24-26-13-19(35-24)15-28-10-4-7-18(14-28)25(30)31/h3,5-6,8-9,11-13,16,18,27H,4,7,10,14-15H2,1-2H3,(H,30,31). The van der Waals surface area contributed by atoms with Gasteiger partial charge in [0, 0.05) is 35.6 Å². The molecule has 1 aliphatic heterocycles. The van der Waals surface area contributed by atoms with E-state index in [0.717, 1.165) is 45.9 Å². The predicted octanol–water partition coefficient (Wildman–Crippen LogP) is 5.25. The number of sulfonamides is 1. The van der Waals surface area contributed by atoms with Crippen molar-refractivity contribution in [3.8, 4) is 10.7 Å². The Morgan fingerprint density at radius 3 is 2.86 bits per heavy atom. The van der Waals surface area contributed by atoms with Crippen LogP contribution in [0.2, 0.25) is 0 Å². The third-order valence-electron chi connectivity index (χ3n) is 6.37. The van der Waals surface area contributed by atoms with Crippen LogP contribution in [0.15, 0.2) is 52.2 Å². The second-order valence-electron chi connectivity index (χ2n) is 9.30.